The third kappa shape index (κ3) is 4.72. The molecule has 0 spiro atoms. The van der Waals surface area contributed by atoms with Crippen LogP contribution in [0.4, 0.5) is 0 Å². The Morgan fingerprint density at radius 2 is 1.80 bits per heavy atom. The van der Waals surface area contributed by atoms with Crippen LogP contribution >= 0.6 is 11.3 Å². The molecule has 30 heavy (non-hydrogen) atoms. The number of methoxy groups -OCH3 is 1. The summed E-state index contributed by atoms with van der Waals surface area (Å²) in [5, 5.41) is 5.94. The van der Waals surface area contributed by atoms with E-state index in [2.05, 4.69) is 15.3 Å². The Morgan fingerprint density at radius 1 is 1.03 bits per heavy atom. The zero-order chi connectivity index (χ0) is 20.8. The van der Waals surface area contributed by atoms with Gasteiger partial charge in [0.05, 0.1) is 25.3 Å². The lowest BCUT2D eigenvalue weighted by Gasteiger charge is -2.20. The summed E-state index contributed by atoms with van der Waals surface area (Å²) in [5.74, 6) is 0.699. The second kappa shape index (κ2) is 9.33. The van der Waals surface area contributed by atoms with Crippen molar-refractivity contribution in [2.45, 2.75) is 12.5 Å². The lowest BCUT2D eigenvalue weighted by Crippen LogP contribution is -2.30. The molecule has 1 amide bonds. The predicted octanol–water partition coefficient (Wildman–Crippen LogP) is 4.66. The number of pyridine rings is 1. The highest BCUT2D eigenvalue weighted by Crippen LogP contribution is 2.25. The molecule has 1 N–H and O–H groups in total. The molecule has 0 aliphatic rings. The second-order valence-corrected chi connectivity index (χ2v) is 7.60. The van der Waals surface area contributed by atoms with E-state index in [0.717, 1.165) is 33.1 Å². The average molecular weight is 416 g/mol. The molecule has 2 heterocycles. The molecule has 2 aromatic carbocycles. The molecule has 0 bridgehead atoms. The summed E-state index contributed by atoms with van der Waals surface area (Å²) in [7, 11) is 1.64. The Hall–Kier alpha value is -3.51. The summed E-state index contributed by atoms with van der Waals surface area (Å²) in [4.78, 5) is 21.6. The van der Waals surface area contributed by atoms with Crippen molar-refractivity contribution in [3.63, 3.8) is 0 Å². The highest BCUT2D eigenvalue weighted by atomic mass is 32.1. The van der Waals surface area contributed by atoms with Gasteiger partial charge in [0.25, 0.3) is 0 Å². The lowest BCUT2D eigenvalue weighted by molar-refractivity contribution is -0.121. The van der Waals surface area contributed by atoms with Gasteiger partial charge in [-0.25, -0.2) is 4.98 Å². The van der Waals surface area contributed by atoms with E-state index in [1.807, 2.05) is 72.1 Å². The first-order chi connectivity index (χ1) is 14.7. The molecule has 0 radical (unpaired) electrons. The highest BCUT2D eigenvalue weighted by Gasteiger charge is 2.18. The van der Waals surface area contributed by atoms with Crippen LogP contribution in [0.25, 0.3) is 10.6 Å². The molecule has 0 saturated carbocycles. The number of hydrogen-bond acceptors (Lipinski definition) is 5. The van der Waals surface area contributed by atoms with Crippen molar-refractivity contribution < 1.29 is 9.53 Å². The van der Waals surface area contributed by atoms with E-state index in [4.69, 9.17) is 4.74 Å². The van der Waals surface area contributed by atoms with Crippen molar-refractivity contribution in [1.29, 1.82) is 0 Å². The number of nitrogens with one attached hydrogen (secondary N) is 1. The second-order valence-electron chi connectivity index (χ2n) is 6.75. The van der Waals surface area contributed by atoms with E-state index in [1.165, 1.54) is 11.3 Å². The normalized spacial score (nSPS) is 11.6. The first-order valence-corrected chi connectivity index (χ1v) is 10.4. The third-order valence-corrected chi connectivity index (χ3v) is 5.63. The predicted molar refractivity (Wildman–Crippen MR) is 118 cm³/mol. The maximum atomic E-state index is 12.9. The van der Waals surface area contributed by atoms with Gasteiger partial charge in [-0.05, 0) is 35.4 Å². The number of carbonyl (C=O) groups excluding carboxylic acids is 1. The number of ether oxygens (including phenoxy) is 1. The minimum atomic E-state index is -0.249. The molecule has 6 heteroatoms. The van der Waals surface area contributed by atoms with Crippen LogP contribution in [0.5, 0.6) is 5.75 Å². The number of amides is 1. The number of nitrogens with zero attached hydrogens (tertiary/aromatic N) is 2. The van der Waals surface area contributed by atoms with E-state index in [1.54, 1.807) is 19.5 Å². The molecule has 1 unspecified atom stereocenters. The van der Waals surface area contributed by atoms with Gasteiger partial charge in [0.2, 0.25) is 5.91 Å². The van der Waals surface area contributed by atoms with Crippen molar-refractivity contribution in [2.75, 3.05) is 7.11 Å². The lowest BCUT2D eigenvalue weighted by atomic mass is 9.98. The summed E-state index contributed by atoms with van der Waals surface area (Å²) in [6.07, 6.45) is 3.72. The smallest absolute Gasteiger partial charge is 0.226 e. The van der Waals surface area contributed by atoms with Crippen LogP contribution in [0.3, 0.4) is 0 Å². The molecule has 0 fully saturated rings. The van der Waals surface area contributed by atoms with E-state index < -0.39 is 0 Å². The Balaban J connectivity index is 1.51. The van der Waals surface area contributed by atoms with Crippen molar-refractivity contribution in [2.24, 2.45) is 0 Å². The number of aromatic nitrogens is 2. The number of benzene rings is 2. The molecule has 5 nitrogen and oxygen atoms in total. The van der Waals surface area contributed by atoms with Gasteiger partial charge in [-0.15, -0.1) is 11.3 Å². The van der Waals surface area contributed by atoms with Crippen molar-refractivity contribution in [3.8, 4) is 16.3 Å². The maximum absolute atomic E-state index is 12.9. The van der Waals surface area contributed by atoms with Crippen LogP contribution in [-0.2, 0) is 11.2 Å². The van der Waals surface area contributed by atoms with Crippen LogP contribution < -0.4 is 10.1 Å². The van der Waals surface area contributed by atoms with Gasteiger partial charge in [-0.1, -0.05) is 42.5 Å². The topological polar surface area (TPSA) is 64.1 Å². The minimum absolute atomic E-state index is 0.0808. The molecule has 0 aliphatic carbocycles. The summed E-state index contributed by atoms with van der Waals surface area (Å²) in [6, 6.07) is 21.3. The van der Waals surface area contributed by atoms with Crippen LogP contribution in [0.1, 0.15) is 22.9 Å². The standard InChI is InChI=1S/C24H21N3O2S/c1-29-21-11-9-18(10-12-21)23(17-6-3-2-4-7-17)27-22(28)14-20-16-30-24(26-20)19-8-5-13-25-15-19/h2-13,15-16,23H,14H2,1H3,(H,27,28). The fraction of sp³-hybridized carbons (Fsp3) is 0.125. The Bertz CT molecular complexity index is 1100. The molecule has 4 rings (SSSR count). The van der Waals surface area contributed by atoms with Crippen LogP contribution in [0, 0.1) is 0 Å². The van der Waals surface area contributed by atoms with Crippen molar-refractivity contribution in [3.05, 3.63) is 101 Å². The molecule has 4 aromatic rings. The Kier molecular flexibility index (Phi) is 6.15. The molecule has 1 atom stereocenters. The fourth-order valence-corrected chi connectivity index (χ4v) is 4.00. The molecule has 2 aromatic heterocycles. The molecule has 0 aliphatic heterocycles. The van der Waals surface area contributed by atoms with Crippen LogP contribution in [0.15, 0.2) is 84.5 Å². The molecular weight excluding hydrogens is 394 g/mol. The summed E-state index contributed by atoms with van der Waals surface area (Å²) in [6.45, 7) is 0. The maximum Gasteiger partial charge on any atom is 0.226 e. The monoisotopic (exact) mass is 415 g/mol. The summed E-state index contributed by atoms with van der Waals surface area (Å²) in [5.41, 5.74) is 3.71. The average Bonchev–Trinajstić information content (AvgIpc) is 3.27. The van der Waals surface area contributed by atoms with Gasteiger partial charge in [0.1, 0.15) is 10.8 Å². The van der Waals surface area contributed by atoms with Gasteiger partial charge in [-0.3, -0.25) is 9.78 Å². The highest BCUT2D eigenvalue weighted by molar-refractivity contribution is 7.13. The SMILES string of the molecule is COc1ccc(C(NC(=O)Cc2csc(-c3cccnc3)n2)c2ccccc2)cc1. The van der Waals surface area contributed by atoms with Gasteiger partial charge >= 0.3 is 0 Å². The fourth-order valence-electron chi connectivity index (χ4n) is 3.19. The molecule has 150 valence electrons. The van der Waals surface area contributed by atoms with Gasteiger partial charge in [0, 0.05) is 23.3 Å². The van der Waals surface area contributed by atoms with Gasteiger partial charge < -0.3 is 10.1 Å². The summed E-state index contributed by atoms with van der Waals surface area (Å²) < 4.78 is 5.25. The van der Waals surface area contributed by atoms with Gasteiger partial charge in [0.15, 0.2) is 0 Å². The van der Waals surface area contributed by atoms with Crippen LogP contribution in [0.2, 0.25) is 0 Å². The van der Waals surface area contributed by atoms with E-state index in [0.29, 0.717) is 0 Å². The minimum Gasteiger partial charge on any atom is -0.497 e. The molecule has 0 saturated heterocycles. The third-order valence-electron chi connectivity index (χ3n) is 4.69. The number of hydrogen-bond donors (Lipinski definition) is 1. The molecular formula is C24H21N3O2S. The zero-order valence-corrected chi connectivity index (χ0v) is 17.3. The number of rotatable bonds is 7. The first kappa shape index (κ1) is 19.8. The quantitative estimate of drug-likeness (QED) is 0.477. The summed E-state index contributed by atoms with van der Waals surface area (Å²) >= 11 is 1.52. The van der Waals surface area contributed by atoms with E-state index in [9.17, 15) is 4.79 Å². The number of carbonyl (C=O) groups is 1. The van der Waals surface area contributed by atoms with Gasteiger partial charge in [-0.2, -0.15) is 0 Å². The Labute approximate surface area is 179 Å². The van der Waals surface area contributed by atoms with Crippen molar-refractivity contribution in [1.82, 2.24) is 15.3 Å². The largest absolute Gasteiger partial charge is 0.497 e. The first-order valence-electron chi connectivity index (χ1n) is 9.56. The van der Waals surface area contributed by atoms with Crippen LogP contribution in [-0.4, -0.2) is 23.0 Å². The van der Waals surface area contributed by atoms with Crippen molar-refractivity contribution >= 4 is 17.2 Å². The number of thiazole rings is 1. The Morgan fingerprint density at radius 3 is 2.50 bits per heavy atom. The van der Waals surface area contributed by atoms with E-state index in [-0.39, 0.29) is 18.4 Å². The van der Waals surface area contributed by atoms with E-state index >= 15 is 0 Å². The zero-order valence-electron chi connectivity index (χ0n) is 16.5.